The first-order chi connectivity index (χ1) is 2.41. The van der Waals surface area contributed by atoms with Crippen LogP contribution in [0.1, 0.15) is 0 Å². The average molecular weight is 239 g/mol. The summed E-state index contributed by atoms with van der Waals surface area (Å²) < 4.78 is 4.32. The largest absolute Gasteiger partial charge is 0.377 e. The van der Waals surface area contributed by atoms with E-state index in [-0.39, 0.29) is 44.3 Å². The number of rotatable bonds is 2. The third-order valence-electron chi connectivity index (χ3n) is 0.235. The van der Waals surface area contributed by atoms with Crippen molar-refractivity contribution in [2.45, 2.75) is 0 Å². The molecule has 0 atom stereocenters. The number of hydrogen-bond acceptors (Lipinski definition) is 2. The first-order valence-electron chi connectivity index (χ1n) is 1.34. The van der Waals surface area contributed by atoms with Gasteiger partial charge in [0, 0.05) is 44.8 Å². The molecule has 0 bridgehead atoms. The smallest absolute Gasteiger partial charge is 0.145 e. The second-order valence-corrected chi connectivity index (χ2v) is 0.622. The quantitative estimate of drug-likeness (QED) is 0.494. The van der Waals surface area contributed by atoms with Crippen LogP contribution in [-0.4, -0.2) is 20.0 Å². The van der Waals surface area contributed by atoms with Gasteiger partial charge in [-0.25, -0.2) is 0 Å². The fraction of sp³-hybridized carbons (Fsp3) is 0.667. The van der Waals surface area contributed by atoms with E-state index in [1.54, 1.807) is 0 Å². The van der Waals surface area contributed by atoms with Crippen LogP contribution < -0.4 is 0 Å². The zero-order chi connectivity index (χ0) is 4.12. The van der Waals surface area contributed by atoms with Crippen LogP contribution in [-0.2, 0) is 9.53 Å². The van der Waals surface area contributed by atoms with Crippen molar-refractivity contribution in [3.8, 4) is 0 Å². The molecule has 6 heavy (non-hydrogen) atoms. The van der Waals surface area contributed by atoms with Crippen LogP contribution in [0.25, 0.3) is 0 Å². The fourth-order valence-electron chi connectivity index (χ4n) is 0.0680. The van der Waals surface area contributed by atoms with Gasteiger partial charge in [-0.2, -0.15) is 0 Å². The molecule has 0 aromatic rings. The summed E-state index contributed by atoms with van der Waals surface area (Å²) in [6.45, 7) is 0.208. The molecule has 0 saturated heterocycles. The molecule has 0 aromatic heterocycles. The van der Waals surface area contributed by atoms with Gasteiger partial charge in [0.2, 0.25) is 0 Å². The summed E-state index contributed by atoms with van der Waals surface area (Å²) in [4.78, 5) is 9.28. The van der Waals surface area contributed by atoms with Gasteiger partial charge in [0.05, 0.1) is 0 Å². The Morgan fingerprint density at radius 3 is 2.33 bits per heavy atom. The van der Waals surface area contributed by atoms with Crippen molar-refractivity contribution in [2.75, 3.05) is 13.7 Å². The molecule has 0 unspecified atom stereocenters. The molecule has 0 aliphatic heterocycles. The third kappa shape index (κ3) is 8.86. The van der Waals surface area contributed by atoms with E-state index < -0.39 is 0 Å². The molecule has 0 heterocycles. The van der Waals surface area contributed by atoms with E-state index >= 15 is 0 Å². The molecule has 41 valence electrons. The number of carbonyl (C=O) groups excluding carboxylic acids is 1. The van der Waals surface area contributed by atoms with Crippen LogP contribution in [0.4, 0.5) is 0 Å². The number of ether oxygens (including phenoxy) is 1. The topological polar surface area (TPSA) is 26.3 Å². The summed E-state index contributed by atoms with van der Waals surface area (Å²) in [6.07, 6.45) is 0.708. The second kappa shape index (κ2) is 9.31. The van der Waals surface area contributed by atoms with Crippen molar-refractivity contribution in [3.63, 3.8) is 0 Å². The second-order valence-electron chi connectivity index (χ2n) is 0.622. The van der Waals surface area contributed by atoms with E-state index in [4.69, 9.17) is 0 Å². The molecule has 0 amide bonds. The molecule has 0 aliphatic carbocycles. The Morgan fingerprint density at radius 2 is 2.33 bits per heavy atom. The Labute approximate surface area is 66.9 Å². The standard InChI is InChI=1S/C3H6O2.Ho/c1-5-3-2-4;/h2H,3H2,1H3;. The monoisotopic (exact) mass is 239 g/mol. The molecular formula is C3H6HoO2. The SMILES string of the molecule is COCC=O.[Ho]. The normalized spacial score (nSPS) is 6.17. The maximum atomic E-state index is 9.28. The van der Waals surface area contributed by atoms with Crippen molar-refractivity contribution in [1.82, 2.24) is 0 Å². The molecule has 0 spiro atoms. The first kappa shape index (κ1) is 10.00. The van der Waals surface area contributed by atoms with E-state index in [0.717, 1.165) is 0 Å². The van der Waals surface area contributed by atoms with Crippen LogP contribution in [0.3, 0.4) is 0 Å². The molecule has 0 saturated carbocycles. The van der Waals surface area contributed by atoms with Crippen LogP contribution in [0.15, 0.2) is 0 Å². The predicted octanol–water partition coefficient (Wildman–Crippen LogP) is -0.168. The minimum Gasteiger partial charge on any atom is -0.377 e. The Balaban J connectivity index is 0. The molecule has 0 aliphatic rings. The van der Waals surface area contributed by atoms with Gasteiger partial charge in [0.15, 0.2) is 0 Å². The molecule has 0 N–H and O–H groups in total. The number of methoxy groups -OCH3 is 1. The maximum Gasteiger partial charge on any atom is 0.145 e. The summed E-state index contributed by atoms with van der Waals surface area (Å²) in [7, 11) is 1.48. The van der Waals surface area contributed by atoms with Crippen molar-refractivity contribution in [1.29, 1.82) is 0 Å². The maximum absolute atomic E-state index is 9.28. The van der Waals surface area contributed by atoms with E-state index in [1.165, 1.54) is 7.11 Å². The van der Waals surface area contributed by atoms with Gasteiger partial charge in [-0.15, -0.1) is 0 Å². The van der Waals surface area contributed by atoms with Crippen molar-refractivity contribution >= 4 is 6.29 Å². The van der Waals surface area contributed by atoms with Crippen molar-refractivity contribution in [2.24, 2.45) is 0 Å². The Bertz CT molecular complexity index is 30.0. The molecule has 0 aromatic carbocycles. The van der Waals surface area contributed by atoms with Gasteiger partial charge in [-0.1, -0.05) is 0 Å². The predicted molar refractivity (Wildman–Crippen MR) is 17.9 cm³/mol. The number of aldehydes is 1. The van der Waals surface area contributed by atoms with E-state index in [0.29, 0.717) is 6.29 Å². The molecule has 1 radical (unpaired) electrons. The summed E-state index contributed by atoms with van der Waals surface area (Å²) in [6, 6.07) is 0. The van der Waals surface area contributed by atoms with Crippen LogP contribution in [0.5, 0.6) is 0 Å². The molecule has 3 heteroatoms. The Kier molecular flexibility index (Phi) is 15.5. The summed E-state index contributed by atoms with van der Waals surface area (Å²) in [5, 5.41) is 0. The zero-order valence-electron chi connectivity index (χ0n) is 3.40. The zero-order valence-corrected chi connectivity index (χ0v) is 5.34. The van der Waals surface area contributed by atoms with E-state index in [1.807, 2.05) is 0 Å². The Morgan fingerprint density at radius 1 is 1.83 bits per heavy atom. The van der Waals surface area contributed by atoms with Gasteiger partial charge in [-0.05, 0) is 0 Å². The third-order valence-corrected chi connectivity index (χ3v) is 0.235. The van der Waals surface area contributed by atoms with E-state index in [9.17, 15) is 4.79 Å². The molecule has 0 fully saturated rings. The average Bonchev–Trinajstić information content (AvgIpc) is 1.41. The van der Waals surface area contributed by atoms with Gasteiger partial charge >= 0.3 is 0 Å². The van der Waals surface area contributed by atoms with Gasteiger partial charge in [0.25, 0.3) is 0 Å². The molecule has 0 rings (SSSR count). The number of carbonyl (C=O) groups is 1. The summed E-state index contributed by atoms with van der Waals surface area (Å²) in [5.41, 5.74) is 0. The van der Waals surface area contributed by atoms with Gasteiger partial charge in [-0.3, -0.25) is 0 Å². The van der Waals surface area contributed by atoms with Crippen LogP contribution in [0, 0.1) is 37.7 Å². The van der Waals surface area contributed by atoms with Crippen LogP contribution in [0.2, 0.25) is 0 Å². The molecular weight excluding hydrogens is 233 g/mol. The van der Waals surface area contributed by atoms with Crippen molar-refractivity contribution in [3.05, 3.63) is 0 Å². The van der Waals surface area contributed by atoms with E-state index in [2.05, 4.69) is 4.74 Å². The Hall–Kier alpha value is 0.890. The minimum absolute atomic E-state index is 0. The fourth-order valence-corrected chi connectivity index (χ4v) is 0.0680. The van der Waals surface area contributed by atoms with Crippen LogP contribution >= 0.6 is 0 Å². The first-order valence-corrected chi connectivity index (χ1v) is 1.34. The summed E-state index contributed by atoms with van der Waals surface area (Å²) >= 11 is 0. The van der Waals surface area contributed by atoms with Gasteiger partial charge in [0.1, 0.15) is 12.9 Å². The number of hydrogen-bond donors (Lipinski definition) is 0. The molecule has 2 nitrogen and oxygen atoms in total. The summed E-state index contributed by atoms with van der Waals surface area (Å²) in [5.74, 6) is 0. The minimum atomic E-state index is 0. The van der Waals surface area contributed by atoms with Gasteiger partial charge < -0.3 is 9.53 Å². The van der Waals surface area contributed by atoms with Crippen molar-refractivity contribution < 1.29 is 47.3 Å².